The number of anilines is 1. The minimum Gasteiger partial charge on any atom is -0.456 e. The maximum absolute atomic E-state index is 14.3. The van der Waals surface area contributed by atoms with Crippen molar-refractivity contribution in [3.8, 4) is 11.1 Å². The fourth-order valence-corrected chi connectivity index (χ4v) is 2.87. The first-order valence-electron chi connectivity index (χ1n) is 9.34. The van der Waals surface area contributed by atoms with Crippen molar-refractivity contribution in [1.82, 2.24) is 0 Å². The Kier molecular flexibility index (Phi) is 5.96. The molecule has 1 N–H and O–H groups in total. The Morgan fingerprint density at radius 1 is 0.867 bits per heavy atom. The number of halogens is 2. The molecule has 0 unspecified atom stereocenters. The second kappa shape index (κ2) is 8.45. The average molecular weight is 409 g/mol. The molecule has 3 rings (SSSR count). The summed E-state index contributed by atoms with van der Waals surface area (Å²) in [5.41, 5.74) is -0.276. The van der Waals surface area contributed by atoms with Crippen molar-refractivity contribution in [3.05, 3.63) is 89.5 Å². The summed E-state index contributed by atoms with van der Waals surface area (Å²) >= 11 is 0. The fraction of sp³-hybridized carbons (Fsp3) is 0.167. The normalized spacial score (nSPS) is 11.1. The largest absolute Gasteiger partial charge is 0.456 e. The van der Waals surface area contributed by atoms with Crippen LogP contribution >= 0.6 is 0 Å². The lowest BCUT2D eigenvalue weighted by molar-refractivity contribution is 0.00708. The van der Waals surface area contributed by atoms with E-state index < -0.39 is 29.1 Å². The van der Waals surface area contributed by atoms with Crippen LogP contribution in [0.5, 0.6) is 0 Å². The van der Waals surface area contributed by atoms with Gasteiger partial charge in [-0.3, -0.25) is 4.79 Å². The molecule has 30 heavy (non-hydrogen) atoms. The number of nitrogens with one attached hydrogen (secondary N) is 1. The zero-order valence-electron chi connectivity index (χ0n) is 16.8. The molecule has 0 atom stereocenters. The van der Waals surface area contributed by atoms with Crippen molar-refractivity contribution in [2.24, 2.45) is 0 Å². The lowest BCUT2D eigenvalue weighted by Gasteiger charge is -2.21. The SMILES string of the molecule is CC(C)(C)OC(=O)c1ccc(-c2c(F)cccc2F)cc1NC(=O)c1ccccc1. The Balaban J connectivity index is 2.07. The van der Waals surface area contributed by atoms with E-state index in [1.165, 1.54) is 24.3 Å². The molecule has 0 fully saturated rings. The number of benzene rings is 3. The molecule has 0 aromatic heterocycles. The van der Waals surface area contributed by atoms with Gasteiger partial charge in [-0.15, -0.1) is 0 Å². The van der Waals surface area contributed by atoms with Crippen molar-refractivity contribution in [1.29, 1.82) is 0 Å². The van der Waals surface area contributed by atoms with Crippen molar-refractivity contribution in [3.63, 3.8) is 0 Å². The molecule has 1 amide bonds. The molecule has 0 saturated heterocycles. The number of carbonyl (C=O) groups is 2. The van der Waals surface area contributed by atoms with Gasteiger partial charge in [0.25, 0.3) is 5.91 Å². The molecule has 0 aliphatic heterocycles. The first kappa shape index (κ1) is 21.2. The van der Waals surface area contributed by atoms with Crippen molar-refractivity contribution in [2.75, 3.05) is 5.32 Å². The van der Waals surface area contributed by atoms with Gasteiger partial charge in [-0.1, -0.05) is 30.3 Å². The van der Waals surface area contributed by atoms with E-state index in [1.807, 2.05) is 0 Å². The van der Waals surface area contributed by atoms with Crippen LogP contribution in [0.2, 0.25) is 0 Å². The first-order valence-corrected chi connectivity index (χ1v) is 9.34. The summed E-state index contributed by atoms with van der Waals surface area (Å²) in [6, 6.07) is 16.1. The monoisotopic (exact) mass is 409 g/mol. The van der Waals surface area contributed by atoms with Crippen LogP contribution in [0.15, 0.2) is 66.7 Å². The predicted octanol–water partition coefficient (Wildman–Crippen LogP) is 5.84. The molecule has 0 bridgehead atoms. The number of amides is 1. The number of carbonyl (C=O) groups excluding carboxylic acids is 2. The number of hydrogen-bond acceptors (Lipinski definition) is 3. The molecule has 4 nitrogen and oxygen atoms in total. The van der Waals surface area contributed by atoms with Crippen molar-refractivity contribution in [2.45, 2.75) is 26.4 Å². The highest BCUT2D eigenvalue weighted by Gasteiger charge is 2.23. The molecule has 0 spiro atoms. The molecule has 0 aliphatic carbocycles. The Morgan fingerprint density at radius 3 is 2.10 bits per heavy atom. The highest BCUT2D eigenvalue weighted by molar-refractivity contribution is 6.08. The Bertz CT molecular complexity index is 1070. The van der Waals surface area contributed by atoms with Gasteiger partial charge in [0.1, 0.15) is 17.2 Å². The van der Waals surface area contributed by atoms with Crippen LogP contribution in [0.1, 0.15) is 41.5 Å². The molecular weight excluding hydrogens is 388 g/mol. The van der Waals surface area contributed by atoms with Gasteiger partial charge in [0, 0.05) is 5.56 Å². The number of hydrogen-bond donors (Lipinski definition) is 1. The smallest absolute Gasteiger partial charge is 0.340 e. The zero-order valence-corrected chi connectivity index (χ0v) is 16.8. The van der Waals surface area contributed by atoms with Crippen LogP contribution in [0.25, 0.3) is 11.1 Å². The zero-order chi connectivity index (χ0) is 21.9. The minimum absolute atomic E-state index is 0.0784. The van der Waals surface area contributed by atoms with Gasteiger partial charge in [0.15, 0.2) is 0 Å². The summed E-state index contributed by atoms with van der Waals surface area (Å²) in [5.74, 6) is -2.63. The third-order valence-corrected chi connectivity index (χ3v) is 4.17. The highest BCUT2D eigenvalue weighted by Crippen LogP contribution is 2.31. The fourth-order valence-electron chi connectivity index (χ4n) is 2.87. The second-order valence-corrected chi connectivity index (χ2v) is 7.68. The van der Waals surface area contributed by atoms with E-state index in [9.17, 15) is 18.4 Å². The van der Waals surface area contributed by atoms with E-state index in [2.05, 4.69) is 5.32 Å². The van der Waals surface area contributed by atoms with E-state index in [1.54, 1.807) is 51.1 Å². The van der Waals surface area contributed by atoms with Gasteiger partial charge in [-0.2, -0.15) is 0 Å². The van der Waals surface area contributed by atoms with Gasteiger partial charge in [-0.25, -0.2) is 13.6 Å². The van der Waals surface area contributed by atoms with Crippen LogP contribution < -0.4 is 5.32 Å². The number of esters is 1. The van der Waals surface area contributed by atoms with E-state index in [0.717, 1.165) is 12.1 Å². The molecule has 3 aromatic rings. The second-order valence-electron chi connectivity index (χ2n) is 7.68. The van der Waals surface area contributed by atoms with Gasteiger partial charge < -0.3 is 10.1 Å². The standard InChI is InChI=1S/C24H21F2NO3/c1-24(2,3)30-23(29)17-13-12-16(21-18(25)10-7-11-19(21)26)14-20(17)27-22(28)15-8-5-4-6-9-15/h4-14H,1-3H3,(H,27,28). The minimum atomic E-state index is -0.756. The average Bonchev–Trinajstić information content (AvgIpc) is 2.67. The Labute approximate surface area is 173 Å². The summed E-state index contributed by atoms with van der Waals surface area (Å²) in [6.07, 6.45) is 0. The molecule has 3 aromatic carbocycles. The van der Waals surface area contributed by atoms with Crippen LogP contribution in [-0.4, -0.2) is 17.5 Å². The van der Waals surface area contributed by atoms with Gasteiger partial charge in [0.2, 0.25) is 0 Å². The molecule has 154 valence electrons. The van der Waals surface area contributed by atoms with Crippen LogP contribution in [0.3, 0.4) is 0 Å². The van der Waals surface area contributed by atoms with Crippen molar-refractivity contribution < 1.29 is 23.1 Å². The third-order valence-electron chi connectivity index (χ3n) is 4.17. The molecule has 6 heteroatoms. The van der Waals surface area contributed by atoms with Gasteiger partial charge in [-0.05, 0) is 62.7 Å². The Hall–Kier alpha value is -3.54. The summed E-state index contributed by atoms with van der Waals surface area (Å²) in [6.45, 7) is 5.16. The third kappa shape index (κ3) is 4.89. The topological polar surface area (TPSA) is 55.4 Å². The Morgan fingerprint density at radius 2 is 1.50 bits per heavy atom. The molecule has 0 heterocycles. The summed E-state index contributed by atoms with van der Waals surface area (Å²) < 4.78 is 33.9. The summed E-state index contributed by atoms with van der Waals surface area (Å²) in [5, 5.41) is 2.66. The van der Waals surface area contributed by atoms with E-state index in [0.29, 0.717) is 5.56 Å². The predicted molar refractivity (Wildman–Crippen MR) is 111 cm³/mol. The quantitative estimate of drug-likeness (QED) is 0.551. The van der Waals surface area contributed by atoms with Crippen molar-refractivity contribution >= 4 is 17.6 Å². The number of rotatable bonds is 4. The molecule has 0 saturated carbocycles. The van der Waals surface area contributed by atoms with Crippen LogP contribution in [-0.2, 0) is 4.74 Å². The van der Waals surface area contributed by atoms with E-state index >= 15 is 0 Å². The van der Waals surface area contributed by atoms with Gasteiger partial charge in [0.05, 0.1) is 16.8 Å². The number of ether oxygens (including phenoxy) is 1. The van der Waals surface area contributed by atoms with Crippen LogP contribution in [0.4, 0.5) is 14.5 Å². The maximum atomic E-state index is 14.3. The molecule has 0 aliphatic rings. The van der Waals surface area contributed by atoms with E-state index in [4.69, 9.17) is 4.74 Å². The summed E-state index contributed by atoms with van der Waals surface area (Å²) in [7, 11) is 0. The molecular formula is C24H21F2NO3. The lowest BCUT2D eigenvalue weighted by atomic mass is 10.0. The van der Waals surface area contributed by atoms with Gasteiger partial charge >= 0.3 is 5.97 Å². The summed E-state index contributed by atoms with van der Waals surface area (Å²) in [4.78, 5) is 25.3. The lowest BCUT2D eigenvalue weighted by Crippen LogP contribution is -2.25. The molecule has 0 radical (unpaired) electrons. The first-order chi connectivity index (χ1) is 14.2. The van der Waals surface area contributed by atoms with Crippen LogP contribution in [0, 0.1) is 11.6 Å². The maximum Gasteiger partial charge on any atom is 0.340 e. The van der Waals surface area contributed by atoms with E-state index in [-0.39, 0.29) is 22.4 Å². The highest BCUT2D eigenvalue weighted by atomic mass is 19.1.